The Labute approximate surface area is 189 Å². The molecular weight excluding hydrogens is 426 g/mol. The number of carbonyl (C=O) groups excluding carboxylic acids is 1. The van der Waals surface area contributed by atoms with E-state index >= 15 is 0 Å². The highest BCUT2D eigenvalue weighted by Gasteiger charge is 2.34. The Morgan fingerprint density at radius 2 is 1.97 bits per heavy atom. The molecule has 0 saturated carbocycles. The van der Waals surface area contributed by atoms with E-state index in [9.17, 15) is 9.59 Å². The molecule has 2 aromatic heterocycles. The second kappa shape index (κ2) is 8.92. The first-order valence-corrected chi connectivity index (χ1v) is 11.0. The Morgan fingerprint density at radius 3 is 2.66 bits per heavy atom. The lowest BCUT2D eigenvalue weighted by Crippen LogP contribution is -2.40. The van der Waals surface area contributed by atoms with E-state index < -0.39 is 12.0 Å². The first kappa shape index (κ1) is 21.7. The molecule has 0 fully saturated rings. The van der Waals surface area contributed by atoms with Crippen molar-refractivity contribution in [3.8, 4) is 5.75 Å². The van der Waals surface area contributed by atoms with Gasteiger partial charge in [-0.05, 0) is 62.2 Å². The molecule has 1 aromatic carbocycles. The van der Waals surface area contributed by atoms with Gasteiger partial charge in [-0.25, -0.2) is 9.79 Å². The highest BCUT2D eigenvalue weighted by atomic mass is 32.1. The number of benzene rings is 1. The number of hydrogen-bond donors (Lipinski definition) is 0. The van der Waals surface area contributed by atoms with E-state index in [1.165, 1.54) is 11.3 Å². The van der Waals surface area contributed by atoms with E-state index in [0.29, 0.717) is 26.4 Å². The molecule has 0 aliphatic carbocycles. The van der Waals surface area contributed by atoms with Crippen molar-refractivity contribution in [3.63, 3.8) is 0 Å². The smallest absolute Gasteiger partial charge is 0.338 e. The van der Waals surface area contributed by atoms with Gasteiger partial charge in [-0.3, -0.25) is 14.3 Å². The first-order chi connectivity index (χ1) is 15.4. The van der Waals surface area contributed by atoms with E-state index in [1.807, 2.05) is 36.4 Å². The molecule has 0 bridgehead atoms. The Morgan fingerprint density at radius 1 is 1.22 bits per heavy atom. The first-order valence-electron chi connectivity index (χ1n) is 10.2. The van der Waals surface area contributed by atoms with Crippen LogP contribution in [0.2, 0.25) is 0 Å². The number of allylic oxidation sites excluding steroid dienone is 1. The standard InChI is InChI=1S/C24H23N3O4S/c1-14(2)31-23(29)20-15(3)26-24-27(21(20)17-6-5-7-18(13-17)30-4)22(28)19(32-24)12-16-8-10-25-11-9-16/h5-14,21H,1-4H3/b19-12+. The lowest BCUT2D eigenvalue weighted by molar-refractivity contribution is -0.143. The number of hydrogen-bond acceptors (Lipinski definition) is 7. The predicted octanol–water partition coefficient (Wildman–Crippen LogP) is 2.59. The van der Waals surface area contributed by atoms with Crippen LogP contribution in [0.4, 0.5) is 0 Å². The lowest BCUT2D eigenvalue weighted by atomic mass is 9.95. The third kappa shape index (κ3) is 4.13. The van der Waals surface area contributed by atoms with Gasteiger partial charge in [0.1, 0.15) is 5.75 Å². The van der Waals surface area contributed by atoms with Crippen LogP contribution in [-0.2, 0) is 9.53 Å². The van der Waals surface area contributed by atoms with Crippen LogP contribution in [0.15, 0.2) is 69.8 Å². The van der Waals surface area contributed by atoms with Gasteiger partial charge in [0.25, 0.3) is 5.56 Å². The van der Waals surface area contributed by atoms with Gasteiger partial charge in [-0.15, -0.1) is 0 Å². The van der Waals surface area contributed by atoms with Crippen LogP contribution < -0.4 is 19.6 Å². The molecule has 0 N–H and O–H groups in total. The lowest BCUT2D eigenvalue weighted by Gasteiger charge is -2.25. The quantitative estimate of drug-likeness (QED) is 0.559. The highest BCUT2D eigenvalue weighted by molar-refractivity contribution is 7.07. The zero-order chi connectivity index (χ0) is 22.8. The van der Waals surface area contributed by atoms with Crippen LogP contribution in [0.3, 0.4) is 0 Å². The number of fused-ring (bicyclic) bond motifs is 1. The van der Waals surface area contributed by atoms with Gasteiger partial charge < -0.3 is 9.47 Å². The van der Waals surface area contributed by atoms with Crippen LogP contribution in [0.1, 0.15) is 37.9 Å². The molecule has 1 atom stereocenters. The number of esters is 1. The fourth-order valence-electron chi connectivity index (χ4n) is 3.60. The minimum absolute atomic E-state index is 0.222. The molecule has 1 unspecified atom stereocenters. The van der Waals surface area contributed by atoms with Crippen molar-refractivity contribution in [1.82, 2.24) is 9.55 Å². The molecule has 0 spiro atoms. The maximum atomic E-state index is 13.5. The zero-order valence-electron chi connectivity index (χ0n) is 18.2. The summed E-state index contributed by atoms with van der Waals surface area (Å²) in [5, 5.41) is 0. The molecule has 8 heteroatoms. The van der Waals surface area contributed by atoms with Crippen LogP contribution in [-0.4, -0.2) is 28.7 Å². The monoisotopic (exact) mass is 449 g/mol. The minimum Gasteiger partial charge on any atom is -0.497 e. The normalized spacial score (nSPS) is 16.0. The number of nitrogens with zero attached hydrogens (tertiary/aromatic N) is 3. The highest BCUT2D eigenvalue weighted by Crippen LogP contribution is 2.32. The van der Waals surface area contributed by atoms with Crippen molar-refractivity contribution in [2.24, 2.45) is 4.99 Å². The van der Waals surface area contributed by atoms with Crippen molar-refractivity contribution < 1.29 is 14.3 Å². The van der Waals surface area contributed by atoms with Crippen LogP contribution in [0.5, 0.6) is 5.75 Å². The number of pyridine rings is 1. The molecule has 1 aliphatic heterocycles. The maximum absolute atomic E-state index is 13.5. The average molecular weight is 450 g/mol. The van der Waals surface area contributed by atoms with Crippen molar-refractivity contribution in [2.75, 3.05) is 7.11 Å². The summed E-state index contributed by atoms with van der Waals surface area (Å²) < 4.78 is 13.0. The number of ether oxygens (including phenoxy) is 2. The second-order valence-electron chi connectivity index (χ2n) is 7.59. The fraction of sp³-hybridized carbons (Fsp3) is 0.250. The van der Waals surface area contributed by atoms with Gasteiger partial charge in [-0.2, -0.15) is 0 Å². The summed E-state index contributed by atoms with van der Waals surface area (Å²) in [4.78, 5) is 35.7. The average Bonchev–Trinajstić information content (AvgIpc) is 3.07. The molecule has 3 heterocycles. The third-order valence-electron chi connectivity index (χ3n) is 5.00. The van der Waals surface area contributed by atoms with Crippen molar-refractivity contribution in [1.29, 1.82) is 0 Å². The summed E-state index contributed by atoms with van der Waals surface area (Å²) in [5.41, 5.74) is 2.25. The zero-order valence-corrected chi connectivity index (χ0v) is 19.1. The number of carbonyl (C=O) groups is 1. The molecule has 7 nitrogen and oxygen atoms in total. The third-order valence-corrected chi connectivity index (χ3v) is 5.98. The summed E-state index contributed by atoms with van der Waals surface area (Å²) >= 11 is 1.29. The van der Waals surface area contributed by atoms with Gasteiger partial charge in [0.2, 0.25) is 0 Å². The predicted molar refractivity (Wildman–Crippen MR) is 122 cm³/mol. The van der Waals surface area contributed by atoms with Gasteiger partial charge in [0.15, 0.2) is 4.80 Å². The second-order valence-corrected chi connectivity index (χ2v) is 8.60. The molecule has 3 aromatic rings. The van der Waals surface area contributed by atoms with E-state index in [-0.39, 0.29) is 11.7 Å². The number of thiazole rings is 1. The van der Waals surface area contributed by atoms with E-state index in [1.54, 1.807) is 50.9 Å². The molecular formula is C24H23N3O4S. The van der Waals surface area contributed by atoms with Crippen molar-refractivity contribution in [2.45, 2.75) is 32.9 Å². The topological polar surface area (TPSA) is 82.8 Å². The Balaban J connectivity index is 1.96. The summed E-state index contributed by atoms with van der Waals surface area (Å²) in [6, 6.07) is 10.3. The molecule has 4 rings (SSSR count). The Hall–Kier alpha value is -3.52. The van der Waals surface area contributed by atoms with E-state index in [2.05, 4.69) is 9.98 Å². The van der Waals surface area contributed by atoms with Gasteiger partial charge in [0, 0.05) is 12.4 Å². The number of rotatable bonds is 5. The summed E-state index contributed by atoms with van der Waals surface area (Å²) in [6.07, 6.45) is 4.85. The minimum atomic E-state index is -0.674. The van der Waals surface area contributed by atoms with Crippen LogP contribution >= 0.6 is 11.3 Å². The van der Waals surface area contributed by atoms with Crippen molar-refractivity contribution >= 4 is 23.4 Å². The largest absolute Gasteiger partial charge is 0.497 e. The van der Waals surface area contributed by atoms with Crippen LogP contribution in [0.25, 0.3) is 6.08 Å². The van der Waals surface area contributed by atoms with Crippen LogP contribution in [0, 0.1) is 0 Å². The van der Waals surface area contributed by atoms with E-state index in [4.69, 9.17) is 9.47 Å². The Kier molecular flexibility index (Phi) is 6.05. The molecule has 0 amide bonds. The molecule has 0 radical (unpaired) electrons. The maximum Gasteiger partial charge on any atom is 0.338 e. The van der Waals surface area contributed by atoms with Gasteiger partial charge >= 0.3 is 5.97 Å². The summed E-state index contributed by atoms with van der Waals surface area (Å²) in [7, 11) is 1.58. The molecule has 0 saturated heterocycles. The number of methoxy groups -OCH3 is 1. The molecule has 1 aliphatic rings. The van der Waals surface area contributed by atoms with Gasteiger partial charge in [0.05, 0.1) is 35.1 Å². The number of aromatic nitrogens is 2. The van der Waals surface area contributed by atoms with Crippen molar-refractivity contribution in [3.05, 3.63) is 90.9 Å². The molecule has 32 heavy (non-hydrogen) atoms. The van der Waals surface area contributed by atoms with E-state index in [0.717, 1.165) is 11.1 Å². The Bertz CT molecular complexity index is 1370. The molecule has 164 valence electrons. The SMILES string of the molecule is COc1cccc(C2C(C(=O)OC(C)C)=C(C)N=c3s/c(=C/c4ccncc4)c(=O)n32)c1. The fourth-order valence-corrected chi connectivity index (χ4v) is 4.64. The van der Waals surface area contributed by atoms with Gasteiger partial charge in [-0.1, -0.05) is 23.5 Å². The summed E-state index contributed by atoms with van der Waals surface area (Å²) in [5.74, 6) is 0.144. The summed E-state index contributed by atoms with van der Waals surface area (Å²) in [6.45, 7) is 5.35.